The second-order valence-corrected chi connectivity index (χ2v) is 17.7. The van der Waals surface area contributed by atoms with E-state index < -0.39 is 0 Å². The van der Waals surface area contributed by atoms with Gasteiger partial charge in [-0.3, -0.25) is 20.4 Å². The molecule has 0 N–H and O–H groups in total. The van der Waals surface area contributed by atoms with Crippen molar-refractivity contribution in [3.05, 3.63) is 0 Å². The first-order chi connectivity index (χ1) is 9.95. The Morgan fingerprint density at radius 3 is 1.09 bits per heavy atom. The molecule has 10 nitrogen and oxygen atoms in total. The Labute approximate surface area is 132 Å². The van der Waals surface area contributed by atoms with Crippen LogP contribution in [-0.4, -0.2) is 84.4 Å². The molecular weight excluding hydrogens is 322 g/mol. The van der Waals surface area contributed by atoms with Crippen LogP contribution >= 0.6 is 14.5 Å². The quantitative estimate of drug-likeness (QED) is 0.589. The van der Waals surface area contributed by atoms with Crippen molar-refractivity contribution in [3.63, 3.8) is 0 Å². The van der Waals surface area contributed by atoms with Crippen molar-refractivity contribution >= 4 is 26.4 Å². The first-order valence-electron chi connectivity index (χ1n) is 6.32. The zero-order valence-corrected chi connectivity index (χ0v) is 16.2. The van der Waals surface area contributed by atoms with Crippen molar-refractivity contribution in [2.75, 3.05) is 53.3 Å². The second-order valence-electron chi connectivity index (χ2n) is 6.92. The Bertz CT molecular complexity index is 449. The van der Waals surface area contributed by atoms with E-state index in [4.69, 9.17) is 0 Å². The summed E-state index contributed by atoms with van der Waals surface area (Å²) in [5.74, 6) is 0.0830. The maximum Gasteiger partial charge on any atom is 0.117 e. The van der Waals surface area contributed by atoms with E-state index in [2.05, 4.69) is 105 Å². The Morgan fingerprint density at radius 2 is 0.909 bits per heavy atom. The molecular formula is C10H24N10P2. The average molecular weight is 346 g/mol. The fourth-order valence-electron chi connectivity index (χ4n) is 0.449. The van der Waals surface area contributed by atoms with E-state index in [1.807, 2.05) is 0 Å². The standard InChI is InChI=1S/2C4H12P.C2N10/c2*1-5(2,3)4;3(1-5-9-10-6-1)4-2-7-11-12-8-2/h2*1-4H3;/q2*+1;-2/b;;4-3+. The van der Waals surface area contributed by atoms with Gasteiger partial charge in [-0.05, 0) is 0 Å². The zero-order chi connectivity index (χ0) is 17.2. The largest absolute Gasteiger partial charge is 0.283 e. The summed E-state index contributed by atoms with van der Waals surface area (Å²) in [6.07, 6.45) is 0. The second kappa shape index (κ2) is 9.58. The molecule has 0 radical (unpaired) electrons. The Balaban J connectivity index is 0.000000372. The maximum absolute atomic E-state index is 3.48. The third kappa shape index (κ3) is 18.6. The molecule has 0 fully saturated rings. The van der Waals surface area contributed by atoms with E-state index in [-0.39, 0.29) is 26.4 Å². The number of tetrazole rings is 2. The fourth-order valence-corrected chi connectivity index (χ4v) is 0.449. The summed E-state index contributed by atoms with van der Waals surface area (Å²) in [5.41, 5.74) is 0. The van der Waals surface area contributed by atoms with Gasteiger partial charge in [-0.15, -0.1) is 10.4 Å². The van der Waals surface area contributed by atoms with Gasteiger partial charge in [-0.1, -0.05) is 0 Å². The predicted molar refractivity (Wildman–Crippen MR) is 91.7 cm³/mol. The Kier molecular flexibility index (Phi) is 8.97. The van der Waals surface area contributed by atoms with Gasteiger partial charge in [0.1, 0.15) is 11.9 Å². The lowest BCUT2D eigenvalue weighted by atomic mass is 11.1. The first-order valence-corrected chi connectivity index (χ1v) is 13.5. The van der Waals surface area contributed by atoms with Gasteiger partial charge in [0.25, 0.3) is 0 Å². The number of hydrogen-bond donors (Lipinski definition) is 0. The van der Waals surface area contributed by atoms with E-state index in [1.165, 1.54) is 0 Å². The van der Waals surface area contributed by atoms with Crippen molar-refractivity contribution in [3.8, 4) is 0 Å². The van der Waals surface area contributed by atoms with Gasteiger partial charge in [0.05, 0.1) is 0 Å². The Morgan fingerprint density at radius 1 is 0.636 bits per heavy atom. The van der Waals surface area contributed by atoms with Crippen molar-refractivity contribution in [2.24, 2.45) is 10.2 Å². The van der Waals surface area contributed by atoms with Gasteiger partial charge < -0.3 is 0 Å². The maximum atomic E-state index is 3.48. The van der Waals surface area contributed by atoms with Gasteiger partial charge in [0.15, 0.2) is 0 Å². The van der Waals surface area contributed by atoms with Gasteiger partial charge in [0, 0.05) is 67.8 Å². The molecule has 2 aromatic heterocycles. The highest BCUT2D eigenvalue weighted by Crippen LogP contribution is 2.40. The molecule has 22 heavy (non-hydrogen) atoms. The lowest BCUT2D eigenvalue weighted by Gasteiger charge is -1.97. The van der Waals surface area contributed by atoms with Crippen LogP contribution in [0.25, 0.3) is 0 Å². The van der Waals surface area contributed by atoms with Crippen LogP contribution < -0.4 is 10.2 Å². The molecule has 0 saturated carbocycles. The topological polar surface area (TPSA) is 130 Å². The number of hydrogen-bond acceptors (Lipinski definition) is 8. The SMILES string of the molecule is C[P+](C)(C)C.C[P+](C)(C)C.N(=N\c1nnn[n-]1)/c1nnn[n-]1. The lowest BCUT2D eigenvalue weighted by Crippen LogP contribution is -1.74. The normalized spacial score (nSPS) is 11.5. The third-order valence-corrected chi connectivity index (χ3v) is 0.846. The van der Waals surface area contributed by atoms with Crippen LogP contribution in [0.5, 0.6) is 0 Å². The van der Waals surface area contributed by atoms with E-state index >= 15 is 0 Å². The van der Waals surface area contributed by atoms with Crippen molar-refractivity contribution in [1.29, 1.82) is 0 Å². The third-order valence-electron chi connectivity index (χ3n) is 0.846. The van der Waals surface area contributed by atoms with Crippen molar-refractivity contribution < 1.29 is 0 Å². The number of aromatic nitrogens is 8. The highest BCUT2D eigenvalue weighted by Gasteiger charge is 2.03. The Hall–Kier alpha value is -1.40. The number of nitrogens with zero attached hydrogens (tertiary/aromatic N) is 10. The molecule has 2 aromatic rings. The van der Waals surface area contributed by atoms with Crippen molar-refractivity contribution in [2.45, 2.75) is 0 Å². The molecule has 0 spiro atoms. The lowest BCUT2D eigenvalue weighted by molar-refractivity contribution is 0.871. The zero-order valence-electron chi connectivity index (χ0n) is 14.4. The van der Waals surface area contributed by atoms with Crippen LogP contribution in [0.15, 0.2) is 10.2 Å². The molecule has 2 heterocycles. The highest BCUT2D eigenvalue weighted by molar-refractivity contribution is 7.73. The first kappa shape index (κ1) is 20.6. The monoisotopic (exact) mass is 346 g/mol. The van der Waals surface area contributed by atoms with E-state index in [1.54, 1.807) is 0 Å². The molecule has 0 amide bonds. The van der Waals surface area contributed by atoms with Gasteiger partial charge >= 0.3 is 0 Å². The smallest absolute Gasteiger partial charge is 0.117 e. The van der Waals surface area contributed by atoms with Gasteiger partial charge in [-0.25, -0.2) is 10.2 Å². The molecule has 124 valence electrons. The summed E-state index contributed by atoms with van der Waals surface area (Å²) in [6, 6.07) is 0. The average Bonchev–Trinajstić information content (AvgIpc) is 2.95. The van der Waals surface area contributed by atoms with E-state index in [9.17, 15) is 0 Å². The van der Waals surface area contributed by atoms with Crippen LogP contribution in [-0.2, 0) is 0 Å². The summed E-state index contributed by atoms with van der Waals surface area (Å²) in [7, 11) is -0.778. The summed E-state index contributed by atoms with van der Waals surface area (Å²) in [4.78, 5) is 0. The molecule has 12 heteroatoms. The van der Waals surface area contributed by atoms with Gasteiger partial charge in [-0.2, -0.15) is 10.4 Å². The molecule has 0 unspecified atom stereocenters. The summed E-state index contributed by atoms with van der Waals surface area (Å²) in [5, 5.41) is 33.3. The van der Waals surface area contributed by atoms with Crippen LogP contribution in [0.4, 0.5) is 11.9 Å². The molecule has 0 atom stereocenters. The molecule has 2 rings (SSSR count). The summed E-state index contributed by atoms with van der Waals surface area (Å²) in [6.45, 7) is 18.4. The molecule has 0 bridgehead atoms. The molecule has 0 aliphatic carbocycles. The minimum atomic E-state index is -0.389. The predicted octanol–water partition coefficient (Wildman–Crippen LogP) is 1.43. The number of rotatable bonds is 2. The van der Waals surface area contributed by atoms with Crippen molar-refractivity contribution in [1.82, 2.24) is 41.2 Å². The van der Waals surface area contributed by atoms with Crippen LogP contribution in [0.1, 0.15) is 0 Å². The molecule has 0 saturated heterocycles. The number of azo groups is 1. The van der Waals surface area contributed by atoms with Crippen LogP contribution in [0.2, 0.25) is 0 Å². The fraction of sp³-hybridized carbons (Fsp3) is 0.800. The summed E-state index contributed by atoms with van der Waals surface area (Å²) >= 11 is 0. The van der Waals surface area contributed by atoms with Crippen LogP contribution in [0.3, 0.4) is 0 Å². The van der Waals surface area contributed by atoms with E-state index in [0.29, 0.717) is 0 Å². The van der Waals surface area contributed by atoms with E-state index in [0.717, 1.165) is 0 Å². The minimum Gasteiger partial charge on any atom is -0.283 e. The molecule has 0 aromatic carbocycles. The highest BCUT2D eigenvalue weighted by atomic mass is 31.2. The minimum absolute atomic E-state index is 0.0415. The molecule has 0 aliphatic rings. The van der Waals surface area contributed by atoms with Gasteiger partial charge in [0.2, 0.25) is 0 Å². The summed E-state index contributed by atoms with van der Waals surface area (Å²) < 4.78 is 0. The molecule has 0 aliphatic heterocycles. The van der Waals surface area contributed by atoms with Crippen LogP contribution in [0, 0.1) is 0 Å².